The molecule has 0 amide bonds. The molecule has 1 heterocycles. The maximum Gasteiger partial charge on any atom is 0.119 e. The summed E-state index contributed by atoms with van der Waals surface area (Å²) in [4.78, 5) is 2.64. The molecule has 1 saturated carbocycles. The summed E-state index contributed by atoms with van der Waals surface area (Å²) in [6, 6.07) is 16.1. The van der Waals surface area contributed by atoms with Crippen LogP contribution in [0.5, 0.6) is 5.75 Å². The largest absolute Gasteiger partial charge is 0.493 e. The van der Waals surface area contributed by atoms with Crippen molar-refractivity contribution in [2.75, 3.05) is 24.6 Å². The molecule has 2 heteroatoms. The third kappa shape index (κ3) is 7.28. The van der Waals surface area contributed by atoms with Crippen molar-refractivity contribution in [2.24, 2.45) is 17.3 Å². The summed E-state index contributed by atoms with van der Waals surface area (Å²) in [5.41, 5.74) is 6.29. The smallest absolute Gasteiger partial charge is 0.119 e. The Morgan fingerprint density at radius 3 is 2.43 bits per heavy atom. The molecule has 192 valence electrons. The second-order valence-electron chi connectivity index (χ2n) is 12.6. The Morgan fingerprint density at radius 1 is 1.00 bits per heavy atom. The summed E-state index contributed by atoms with van der Waals surface area (Å²) in [5.74, 6) is 3.32. The SMILES string of the molecule is CCC(c1cccc(OCC2CCN(c3cc(C)ccc3CCCC(C)(C)C)CC2)c1)C1CCC1. The Kier molecular flexibility index (Phi) is 8.84. The molecule has 1 atom stereocenters. The first-order valence-corrected chi connectivity index (χ1v) is 14.4. The number of hydrogen-bond acceptors (Lipinski definition) is 2. The highest BCUT2D eigenvalue weighted by Crippen LogP contribution is 2.41. The quantitative estimate of drug-likeness (QED) is 0.340. The number of aryl methyl sites for hydroxylation is 2. The van der Waals surface area contributed by atoms with Gasteiger partial charge in [-0.3, -0.25) is 0 Å². The van der Waals surface area contributed by atoms with Crippen molar-refractivity contribution in [3.63, 3.8) is 0 Å². The molecule has 2 aromatic rings. The van der Waals surface area contributed by atoms with Crippen molar-refractivity contribution in [3.8, 4) is 5.75 Å². The van der Waals surface area contributed by atoms with E-state index in [1.807, 2.05) is 0 Å². The molecule has 0 bridgehead atoms. The van der Waals surface area contributed by atoms with E-state index in [1.165, 1.54) is 80.2 Å². The van der Waals surface area contributed by atoms with Gasteiger partial charge in [-0.25, -0.2) is 0 Å². The predicted molar refractivity (Wildman–Crippen MR) is 151 cm³/mol. The Labute approximate surface area is 215 Å². The molecule has 2 fully saturated rings. The second-order valence-corrected chi connectivity index (χ2v) is 12.6. The van der Waals surface area contributed by atoms with Gasteiger partial charge in [-0.15, -0.1) is 0 Å². The normalized spacial score (nSPS) is 18.4. The van der Waals surface area contributed by atoms with Crippen LogP contribution in [0, 0.1) is 24.2 Å². The van der Waals surface area contributed by atoms with Crippen LogP contribution in [-0.4, -0.2) is 19.7 Å². The lowest BCUT2D eigenvalue weighted by atomic mass is 9.72. The number of rotatable bonds is 10. The molecule has 1 aliphatic heterocycles. The molecule has 1 saturated heterocycles. The monoisotopic (exact) mass is 475 g/mol. The average Bonchev–Trinajstić information content (AvgIpc) is 2.80. The fraction of sp³-hybridized carbons (Fsp3) is 0.636. The summed E-state index contributed by atoms with van der Waals surface area (Å²) < 4.78 is 6.36. The molecular formula is C33H49NO. The standard InChI is InChI=1S/C33H49NO/c1-6-31(27-10-7-11-27)29-12-8-14-30(23-29)35-24-26-17-20-34(21-18-26)32-22-25(2)15-16-28(32)13-9-19-33(3,4)5/h8,12,14-16,22-23,26-27,31H,6-7,9-11,13,17-21,24H2,1-5H3. The molecule has 1 unspecified atom stereocenters. The van der Waals surface area contributed by atoms with E-state index in [2.05, 4.69) is 82.0 Å². The van der Waals surface area contributed by atoms with E-state index in [1.54, 1.807) is 0 Å². The molecule has 0 radical (unpaired) electrons. The Bertz CT molecular complexity index is 930. The molecular weight excluding hydrogens is 426 g/mol. The van der Waals surface area contributed by atoms with Crippen LogP contribution in [0.25, 0.3) is 0 Å². The van der Waals surface area contributed by atoms with Gasteiger partial charge in [-0.2, -0.15) is 0 Å². The Balaban J connectivity index is 1.30. The minimum Gasteiger partial charge on any atom is -0.493 e. The van der Waals surface area contributed by atoms with Gasteiger partial charge in [0.1, 0.15) is 5.75 Å². The van der Waals surface area contributed by atoms with Crippen molar-refractivity contribution < 1.29 is 4.74 Å². The van der Waals surface area contributed by atoms with E-state index in [0.717, 1.165) is 31.4 Å². The Hall–Kier alpha value is -1.96. The van der Waals surface area contributed by atoms with Gasteiger partial charge in [0, 0.05) is 18.8 Å². The highest BCUT2D eigenvalue weighted by molar-refractivity contribution is 5.56. The van der Waals surface area contributed by atoms with E-state index < -0.39 is 0 Å². The summed E-state index contributed by atoms with van der Waals surface area (Å²) in [6.45, 7) is 14.8. The lowest BCUT2D eigenvalue weighted by Gasteiger charge is -2.35. The van der Waals surface area contributed by atoms with Crippen molar-refractivity contribution in [2.45, 2.75) is 98.3 Å². The molecule has 2 nitrogen and oxygen atoms in total. The maximum atomic E-state index is 6.36. The van der Waals surface area contributed by atoms with E-state index in [9.17, 15) is 0 Å². The second kappa shape index (κ2) is 11.8. The molecule has 4 rings (SSSR count). The molecule has 35 heavy (non-hydrogen) atoms. The highest BCUT2D eigenvalue weighted by atomic mass is 16.5. The van der Waals surface area contributed by atoms with Crippen LogP contribution in [0.4, 0.5) is 5.69 Å². The topological polar surface area (TPSA) is 12.5 Å². The third-order valence-corrected chi connectivity index (χ3v) is 8.50. The zero-order valence-electron chi connectivity index (χ0n) is 23.1. The first-order chi connectivity index (χ1) is 16.8. The van der Waals surface area contributed by atoms with Gasteiger partial charge in [0.2, 0.25) is 0 Å². The lowest BCUT2D eigenvalue weighted by molar-refractivity contribution is 0.221. The minimum absolute atomic E-state index is 0.414. The van der Waals surface area contributed by atoms with Crippen LogP contribution in [0.2, 0.25) is 0 Å². The minimum atomic E-state index is 0.414. The lowest BCUT2D eigenvalue weighted by Crippen LogP contribution is -2.36. The number of piperidine rings is 1. The van der Waals surface area contributed by atoms with Crippen LogP contribution < -0.4 is 9.64 Å². The van der Waals surface area contributed by atoms with E-state index >= 15 is 0 Å². The van der Waals surface area contributed by atoms with Gasteiger partial charge in [0.05, 0.1) is 6.61 Å². The van der Waals surface area contributed by atoms with Gasteiger partial charge < -0.3 is 9.64 Å². The predicted octanol–water partition coefficient (Wildman–Crippen LogP) is 8.95. The van der Waals surface area contributed by atoms with Gasteiger partial charge in [-0.05, 0) is 116 Å². The third-order valence-electron chi connectivity index (χ3n) is 8.50. The number of anilines is 1. The zero-order chi connectivity index (χ0) is 24.8. The highest BCUT2D eigenvalue weighted by Gasteiger charge is 2.27. The van der Waals surface area contributed by atoms with Crippen LogP contribution in [0.3, 0.4) is 0 Å². The van der Waals surface area contributed by atoms with Crippen LogP contribution in [0.15, 0.2) is 42.5 Å². The summed E-state index contributed by atoms with van der Waals surface area (Å²) in [7, 11) is 0. The van der Waals surface area contributed by atoms with E-state index in [4.69, 9.17) is 4.74 Å². The van der Waals surface area contributed by atoms with Gasteiger partial charge in [0.15, 0.2) is 0 Å². The maximum absolute atomic E-state index is 6.36. The van der Waals surface area contributed by atoms with Crippen LogP contribution >= 0.6 is 0 Å². The van der Waals surface area contributed by atoms with Crippen molar-refractivity contribution in [1.29, 1.82) is 0 Å². The van der Waals surface area contributed by atoms with E-state index in [0.29, 0.717) is 17.3 Å². The zero-order valence-corrected chi connectivity index (χ0v) is 23.1. The number of nitrogens with zero attached hydrogens (tertiary/aromatic N) is 1. The van der Waals surface area contributed by atoms with Gasteiger partial charge in [-0.1, -0.05) is 58.4 Å². The number of ether oxygens (including phenoxy) is 1. The molecule has 2 aliphatic rings. The molecule has 0 N–H and O–H groups in total. The van der Waals surface area contributed by atoms with Gasteiger partial charge >= 0.3 is 0 Å². The Morgan fingerprint density at radius 2 is 1.77 bits per heavy atom. The summed E-state index contributed by atoms with van der Waals surface area (Å²) in [6.07, 6.45) is 11.6. The molecule has 0 spiro atoms. The van der Waals surface area contributed by atoms with Gasteiger partial charge in [0.25, 0.3) is 0 Å². The first kappa shape index (κ1) is 26.1. The van der Waals surface area contributed by atoms with Crippen molar-refractivity contribution in [1.82, 2.24) is 0 Å². The van der Waals surface area contributed by atoms with Crippen LogP contribution in [-0.2, 0) is 6.42 Å². The fourth-order valence-corrected chi connectivity index (χ4v) is 6.06. The molecule has 1 aliphatic carbocycles. The van der Waals surface area contributed by atoms with Crippen molar-refractivity contribution >= 4 is 5.69 Å². The number of benzene rings is 2. The van der Waals surface area contributed by atoms with Crippen LogP contribution in [0.1, 0.15) is 102 Å². The molecule has 0 aromatic heterocycles. The summed E-state index contributed by atoms with van der Waals surface area (Å²) >= 11 is 0. The van der Waals surface area contributed by atoms with Crippen molar-refractivity contribution in [3.05, 3.63) is 59.2 Å². The first-order valence-electron chi connectivity index (χ1n) is 14.4. The molecule has 2 aromatic carbocycles. The average molecular weight is 476 g/mol. The summed E-state index contributed by atoms with van der Waals surface area (Å²) in [5, 5.41) is 0. The fourth-order valence-electron chi connectivity index (χ4n) is 6.06. The number of hydrogen-bond donors (Lipinski definition) is 0. The van der Waals surface area contributed by atoms with E-state index in [-0.39, 0.29) is 0 Å².